The Kier molecular flexibility index (Phi) is 6.60. The molecule has 1 unspecified atom stereocenters. The van der Waals surface area contributed by atoms with Gasteiger partial charge in [0.2, 0.25) is 0 Å². The van der Waals surface area contributed by atoms with Crippen LogP contribution in [0.15, 0.2) is 35.5 Å². The lowest BCUT2D eigenvalue weighted by molar-refractivity contribution is -0.139. The van der Waals surface area contributed by atoms with Crippen LogP contribution in [-0.4, -0.2) is 43.8 Å². The van der Waals surface area contributed by atoms with Crippen molar-refractivity contribution in [3.05, 3.63) is 41.1 Å². The van der Waals surface area contributed by atoms with Gasteiger partial charge in [-0.25, -0.2) is 14.4 Å². The highest BCUT2D eigenvalue weighted by molar-refractivity contribution is 5.94. The van der Waals surface area contributed by atoms with Crippen molar-refractivity contribution in [3.8, 4) is 5.75 Å². The van der Waals surface area contributed by atoms with Crippen LogP contribution in [0.25, 0.3) is 0 Å². The summed E-state index contributed by atoms with van der Waals surface area (Å²) < 4.78 is 15.6. The summed E-state index contributed by atoms with van der Waals surface area (Å²) in [6.07, 6.45) is 0. The van der Waals surface area contributed by atoms with Gasteiger partial charge in [0.1, 0.15) is 12.4 Å². The zero-order valence-electron chi connectivity index (χ0n) is 15.0. The highest BCUT2D eigenvalue weighted by Gasteiger charge is 2.29. The second-order valence-electron chi connectivity index (χ2n) is 5.47. The van der Waals surface area contributed by atoms with Crippen molar-refractivity contribution in [2.45, 2.75) is 26.8 Å². The van der Waals surface area contributed by atoms with E-state index in [9.17, 15) is 14.4 Å². The number of benzene rings is 1. The molecule has 0 aromatic heterocycles. The molecule has 8 heteroatoms. The summed E-state index contributed by atoms with van der Waals surface area (Å²) in [6, 6.07) is 5.48. The predicted octanol–water partition coefficient (Wildman–Crippen LogP) is 1.76. The van der Waals surface area contributed by atoms with E-state index >= 15 is 0 Å². The summed E-state index contributed by atoms with van der Waals surface area (Å²) in [7, 11) is 0. The Hall–Kier alpha value is -3.03. The molecule has 2 rings (SSSR count). The maximum atomic E-state index is 12.1. The van der Waals surface area contributed by atoms with Crippen LogP contribution in [0, 0.1) is 0 Å². The maximum absolute atomic E-state index is 12.1. The summed E-state index contributed by atoms with van der Waals surface area (Å²) in [5, 5.41) is 5.20. The summed E-state index contributed by atoms with van der Waals surface area (Å²) in [6.45, 7) is 5.64. The van der Waals surface area contributed by atoms with E-state index in [4.69, 9.17) is 14.2 Å². The van der Waals surface area contributed by atoms with Gasteiger partial charge >= 0.3 is 18.0 Å². The second kappa shape index (κ2) is 8.89. The van der Waals surface area contributed by atoms with Crippen LogP contribution in [0.3, 0.4) is 0 Å². The molecule has 8 nitrogen and oxygen atoms in total. The van der Waals surface area contributed by atoms with Gasteiger partial charge in [-0.15, -0.1) is 0 Å². The quantitative estimate of drug-likeness (QED) is 0.717. The van der Waals surface area contributed by atoms with Crippen LogP contribution in [-0.2, 0) is 14.3 Å². The number of carbonyl (C=O) groups is 3. The topological polar surface area (TPSA) is 103 Å². The van der Waals surface area contributed by atoms with E-state index in [1.165, 1.54) is 0 Å². The maximum Gasteiger partial charge on any atom is 0.338 e. The second-order valence-corrected chi connectivity index (χ2v) is 5.47. The smallest absolute Gasteiger partial charge is 0.338 e. The number of nitrogens with one attached hydrogen (secondary N) is 2. The average Bonchev–Trinajstić information content (AvgIpc) is 2.60. The first-order valence-corrected chi connectivity index (χ1v) is 8.33. The molecule has 140 valence electrons. The van der Waals surface area contributed by atoms with Gasteiger partial charge in [-0.3, -0.25) is 0 Å². The van der Waals surface area contributed by atoms with Gasteiger partial charge in [0.05, 0.1) is 36.1 Å². The summed E-state index contributed by atoms with van der Waals surface area (Å²) in [4.78, 5) is 35.5. The fraction of sp³-hybridized carbons (Fsp3) is 0.389. The normalized spacial score (nSPS) is 16.4. The Balaban J connectivity index is 2.11. The molecule has 1 aliphatic rings. The third-order valence-electron chi connectivity index (χ3n) is 3.61. The van der Waals surface area contributed by atoms with E-state index in [0.717, 1.165) is 0 Å². The lowest BCUT2D eigenvalue weighted by Gasteiger charge is -2.26. The van der Waals surface area contributed by atoms with Crippen molar-refractivity contribution in [1.29, 1.82) is 0 Å². The molecule has 1 heterocycles. The molecule has 26 heavy (non-hydrogen) atoms. The zero-order chi connectivity index (χ0) is 19.1. The molecule has 1 aromatic rings. The number of carbonyl (C=O) groups excluding carboxylic acids is 3. The molecular formula is C18H22N2O6. The van der Waals surface area contributed by atoms with Crippen molar-refractivity contribution in [2.75, 3.05) is 19.8 Å². The van der Waals surface area contributed by atoms with Crippen LogP contribution in [0.4, 0.5) is 4.79 Å². The van der Waals surface area contributed by atoms with Crippen molar-refractivity contribution in [2.24, 2.45) is 0 Å². The Morgan fingerprint density at radius 2 is 1.65 bits per heavy atom. The highest BCUT2D eigenvalue weighted by Crippen LogP contribution is 2.18. The summed E-state index contributed by atoms with van der Waals surface area (Å²) in [5.41, 5.74) is 1.07. The van der Waals surface area contributed by atoms with Gasteiger partial charge in [0.25, 0.3) is 0 Å². The highest BCUT2D eigenvalue weighted by atomic mass is 16.5. The van der Waals surface area contributed by atoms with Crippen LogP contribution < -0.4 is 15.4 Å². The van der Waals surface area contributed by atoms with E-state index in [2.05, 4.69) is 10.6 Å². The van der Waals surface area contributed by atoms with Crippen molar-refractivity contribution in [1.82, 2.24) is 10.6 Å². The van der Waals surface area contributed by atoms with Gasteiger partial charge in [0, 0.05) is 0 Å². The van der Waals surface area contributed by atoms with Gasteiger partial charge in [-0.1, -0.05) is 0 Å². The van der Waals surface area contributed by atoms with Gasteiger partial charge in [-0.2, -0.15) is 0 Å². The standard InChI is InChI=1S/C18H22N2O6/c1-4-24-16(21)12-6-8-13(9-7-12)26-10-14-15(17(22)25-5-2)11(3)19-18(23)20-14/h6-9,11H,4-5,10H2,1-3H3,(H2,19,20,23). The molecule has 0 spiro atoms. The lowest BCUT2D eigenvalue weighted by atomic mass is 10.0. The Bertz CT molecular complexity index is 711. The third-order valence-corrected chi connectivity index (χ3v) is 3.61. The first-order chi connectivity index (χ1) is 12.5. The molecule has 0 fully saturated rings. The Morgan fingerprint density at radius 1 is 1.04 bits per heavy atom. The minimum absolute atomic E-state index is 0.0232. The minimum atomic E-state index is -0.510. The largest absolute Gasteiger partial charge is 0.487 e. The third kappa shape index (κ3) is 4.75. The molecule has 0 saturated carbocycles. The van der Waals surface area contributed by atoms with Crippen LogP contribution in [0.5, 0.6) is 5.75 Å². The number of amides is 2. The number of hydrogen-bond acceptors (Lipinski definition) is 6. The monoisotopic (exact) mass is 362 g/mol. The number of ether oxygens (including phenoxy) is 3. The fourth-order valence-electron chi connectivity index (χ4n) is 2.45. The van der Waals surface area contributed by atoms with Crippen molar-refractivity contribution >= 4 is 18.0 Å². The van der Waals surface area contributed by atoms with E-state index < -0.39 is 24.0 Å². The zero-order valence-corrected chi connectivity index (χ0v) is 15.0. The number of rotatable bonds is 7. The molecule has 0 saturated heterocycles. The van der Waals surface area contributed by atoms with E-state index in [0.29, 0.717) is 29.2 Å². The summed E-state index contributed by atoms with van der Waals surface area (Å²) >= 11 is 0. The average molecular weight is 362 g/mol. The number of urea groups is 1. The molecule has 1 aromatic carbocycles. The van der Waals surface area contributed by atoms with E-state index in [-0.39, 0.29) is 13.2 Å². The number of esters is 2. The molecule has 0 bridgehead atoms. The SMILES string of the molecule is CCOC(=O)C1=C(COc2ccc(C(=O)OCC)cc2)NC(=O)NC1C. The first kappa shape index (κ1) is 19.3. The van der Waals surface area contributed by atoms with E-state index in [1.54, 1.807) is 45.0 Å². The van der Waals surface area contributed by atoms with E-state index in [1.807, 2.05) is 0 Å². The number of hydrogen-bond donors (Lipinski definition) is 2. The van der Waals surface area contributed by atoms with Gasteiger partial charge in [-0.05, 0) is 45.0 Å². The minimum Gasteiger partial charge on any atom is -0.487 e. The molecule has 1 aliphatic heterocycles. The molecule has 2 N–H and O–H groups in total. The van der Waals surface area contributed by atoms with Crippen LogP contribution >= 0.6 is 0 Å². The molecule has 1 atom stereocenters. The van der Waals surface area contributed by atoms with Gasteiger partial charge < -0.3 is 24.8 Å². The first-order valence-electron chi connectivity index (χ1n) is 8.33. The van der Waals surface area contributed by atoms with Crippen molar-refractivity contribution in [3.63, 3.8) is 0 Å². The Labute approximate surface area is 151 Å². The molecule has 0 radical (unpaired) electrons. The van der Waals surface area contributed by atoms with Gasteiger partial charge in [0.15, 0.2) is 0 Å². The molecular weight excluding hydrogens is 340 g/mol. The lowest BCUT2D eigenvalue weighted by Crippen LogP contribution is -2.50. The predicted molar refractivity (Wildman–Crippen MR) is 92.7 cm³/mol. The Morgan fingerprint density at radius 3 is 2.27 bits per heavy atom. The summed E-state index contributed by atoms with van der Waals surface area (Å²) in [5.74, 6) is -0.441. The van der Waals surface area contributed by atoms with Crippen LogP contribution in [0.1, 0.15) is 31.1 Å². The molecule has 2 amide bonds. The fourth-order valence-corrected chi connectivity index (χ4v) is 2.45. The molecule has 0 aliphatic carbocycles. The van der Waals surface area contributed by atoms with Crippen LogP contribution in [0.2, 0.25) is 0 Å². The van der Waals surface area contributed by atoms with Crippen molar-refractivity contribution < 1.29 is 28.6 Å².